The van der Waals surface area contributed by atoms with E-state index < -0.39 is 22.0 Å². The van der Waals surface area contributed by atoms with Crippen LogP contribution in [0.25, 0.3) is 0 Å². The molecule has 8 heteroatoms. The fourth-order valence-electron chi connectivity index (χ4n) is 3.08. The molecule has 0 aliphatic carbocycles. The monoisotopic (exact) mass is 520 g/mol. The zero-order valence-corrected chi connectivity index (χ0v) is 19.9. The minimum Gasteiger partial charge on any atom is -0.348 e. The molecule has 0 heterocycles. The smallest absolute Gasteiger partial charge is 0.241 e. The van der Waals surface area contributed by atoms with Gasteiger partial charge in [0.2, 0.25) is 15.9 Å². The molecule has 3 aromatic carbocycles. The number of hydrogen-bond donors (Lipinski definition) is 2. The molecule has 0 saturated heterocycles. The lowest BCUT2D eigenvalue weighted by Crippen LogP contribution is -2.48. The molecule has 1 amide bonds. The van der Waals surface area contributed by atoms with Gasteiger partial charge in [-0.3, -0.25) is 4.79 Å². The Morgan fingerprint density at radius 2 is 1.68 bits per heavy atom. The van der Waals surface area contributed by atoms with Crippen LogP contribution in [-0.4, -0.2) is 20.4 Å². The number of carbonyl (C=O) groups is 1. The largest absolute Gasteiger partial charge is 0.348 e. The van der Waals surface area contributed by atoms with E-state index in [1.807, 2.05) is 61.5 Å². The second-order valence-corrected chi connectivity index (χ2v) is 10.2. The third-order valence-corrected chi connectivity index (χ3v) is 6.96. The van der Waals surface area contributed by atoms with Gasteiger partial charge in [0.15, 0.2) is 0 Å². The zero-order valence-electron chi connectivity index (χ0n) is 16.8. The molecule has 0 fully saturated rings. The van der Waals surface area contributed by atoms with Crippen molar-refractivity contribution in [1.29, 1.82) is 0 Å². The van der Waals surface area contributed by atoms with E-state index in [9.17, 15) is 13.2 Å². The van der Waals surface area contributed by atoms with Crippen molar-refractivity contribution >= 4 is 43.5 Å². The van der Waals surface area contributed by atoms with E-state index in [4.69, 9.17) is 11.6 Å². The van der Waals surface area contributed by atoms with Crippen LogP contribution in [-0.2, 0) is 21.2 Å². The molecule has 0 aliphatic rings. The molecule has 3 aromatic rings. The van der Waals surface area contributed by atoms with Crippen LogP contribution in [0.5, 0.6) is 0 Å². The lowest BCUT2D eigenvalue weighted by atomic mass is 10.0. The normalized spacial score (nSPS) is 13.4. The topological polar surface area (TPSA) is 75.3 Å². The summed E-state index contributed by atoms with van der Waals surface area (Å²) in [5, 5.41) is 3.35. The fraction of sp³-hybridized carbons (Fsp3) is 0.174. The predicted octanol–water partition coefficient (Wildman–Crippen LogP) is 4.87. The highest BCUT2D eigenvalue weighted by molar-refractivity contribution is 9.10. The van der Waals surface area contributed by atoms with Crippen molar-refractivity contribution in [1.82, 2.24) is 10.0 Å². The van der Waals surface area contributed by atoms with E-state index in [0.29, 0.717) is 5.02 Å². The molecule has 0 aliphatic heterocycles. The van der Waals surface area contributed by atoms with Gasteiger partial charge in [0.05, 0.1) is 10.9 Å². The summed E-state index contributed by atoms with van der Waals surface area (Å²) in [4.78, 5) is 13.2. The number of carbonyl (C=O) groups excluding carboxylic acids is 1. The highest BCUT2D eigenvalue weighted by Gasteiger charge is 2.27. The van der Waals surface area contributed by atoms with Gasteiger partial charge in [-0.05, 0) is 60.9 Å². The average molecular weight is 522 g/mol. The standard InChI is InChI=1S/C23H22BrClN2O3S/c1-16(18-8-5-9-19(24)15-18)26-23(28)22(14-17-6-3-2-4-7-17)27-31(29,30)21-12-10-20(25)11-13-21/h2-13,15-16,22,27H,14H2,1H3,(H,26,28)/t16-,22-/m0/s1. The van der Waals surface area contributed by atoms with Crippen molar-refractivity contribution in [3.63, 3.8) is 0 Å². The molecule has 0 spiro atoms. The summed E-state index contributed by atoms with van der Waals surface area (Å²) in [6.45, 7) is 1.85. The van der Waals surface area contributed by atoms with Crippen molar-refractivity contribution in [3.8, 4) is 0 Å². The molecule has 3 rings (SSSR count). The lowest BCUT2D eigenvalue weighted by molar-refractivity contribution is -0.123. The minimum atomic E-state index is -3.93. The predicted molar refractivity (Wildman–Crippen MR) is 126 cm³/mol. The molecule has 2 N–H and O–H groups in total. The van der Waals surface area contributed by atoms with Gasteiger partial charge < -0.3 is 5.32 Å². The van der Waals surface area contributed by atoms with Gasteiger partial charge in [0.1, 0.15) is 6.04 Å². The number of rotatable bonds is 8. The first-order chi connectivity index (χ1) is 14.7. The zero-order chi connectivity index (χ0) is 22.4. The summed E-state index contributed by atoms with van der Waals surface area (Å²) in [5.41, 5.74) is 1.75. The lowest BCUT2D eigenvalue weighted by Gasteiger charge is -2.22. The summed E-state index contributed by atoms with van der Waals surface area (Å²) < 4.78 is 29.3. The summed E-state index contributed by atoms with van der Waals surface area (Å²) in [5.74, 6) is -0.408. The van der Waals surface area contributed by atoms with E-state index in [0.717, 1.165) is 15.6 Å². The Morgan fingerprint density at radius 3 is 2.32 bits per heavy atom. The van der Waals surface area contributed by atoms with Crippen LogP contribution in [0, 0.1) is 0 Å². The molecule has 2 atom stereocenters. The molecule has 0 saturated carbocycles. The SMILES string of the molecule is C[C@H](NC(=O)[C@H](Cc1ccccc1)NS(=O)(=O)c1ccc(Cl)cc1)c1cccc(Br)c1. The van der Waals surface area contributed by atoms with Gasteiger partial charge in [-0.1, -0.05) is 70.0 Å². The van der Waals surface area contributed by atoms with Crippen LogP contribution in [0.2, 0.25) is 5.02 Å². The van der Waals surface area contributed by atoms with Gasteiger partial charge in [-0.25, -0.2) is 8.42 Å². The number of hydrogen-bond acceptors (Lipinski definition) is 3. The molecular weight excluding hydrogens is 500 g/mol. The van der Waals surface area contributed by atoms with Crippen molar-refractivity contribution in [2.45, 2.75) is 30.3 Å². The van der Waals surface area contributed by atoms with E-state index in [1.54, 1.807) is 0 Å². The van der Waals surface area contributed by atoms with Gasteiger partial charge in [-0.2, -0.15) is 4.72 Å². The van der Waals surface area contributed by atoms with Gasteiger partial charge >= 0.3 is 0 Å². The molecule has 0 radical (unpaired) electrons. The van der Waals surface area contributed by atoms with Gasteiger partial charge in [0, 0.05) is 9.50 Å². The third kappa shape index (κ3) is 6.64. The summed E-state index contributed by atoms with van der Waals surface area (Å²) >= 11 is 9.30. The first-order valence-electron chi connectivity index (χ1n) is 9.62. The molecule has 0 aromatic heterocycles. The Hall–Kier alpha value is -2.19. The summed E-state index contributed by atoms with van der Waals surface area (Å²) in [7, 11) is -3.93. The van der Waals surface area contributed by atoms with Crippen LogP contribution >= 0.6 is 27.5 Å². The van der Waals surface area contributed by atoms with Crippen LogP contribution in [0.15, 0.2) is 88.2 Å². The molecule has 162 valence electrons. The molecule has 0 bridgehead atoms. The van der Waals surface area contributed by atoms with Gasteiger partial charge in [-0.15, -0.1) is 0 Å². The first-order valence-corrected chi connectivity index (χ1v) is 12.3. The minimum absolute atomic E-state index is 0.0443. The Balaban J connectivity index is 1.83. The fourth-order valence-corrected chi connectivity index (χ4v) is 4.82. The molecule has 0 unspecified atom stereocenters. The van der Waals surface area contributed by atoms with Crippen LogP contribution in [0.3, 0.4) is 0 Å². The second-order valence-electron chi connectivity index (χ2n) is 7.10. The summed E-state index contributed by atoms with van der Waals surface area (Å²) in [6.07, 6.45) is 0.213. The number of amides is 1. The maximum atomic E-state index is 13.1. The highest BCUT2D eigenvalue weighted by Crippen LogP contribution is 2.19. The molecule has 5 nitrogen and oxygen atoms in total. The maximum absolute atomic E-state index is 13.1. The first kappa shape index (κ1) is 23.5. The Labute approximate surface area is 196 Å². The highest BCUT2D eigenvalue weighted by atomic mass is 79.9. The quantitative estimate of drug-likeness (QED) is 0.444. The van der Waals surface area contributed by atoms with Crippen molar-refractivity contribution in [2.75, 3.05) is 0 Å². The number of halogens is 2. The Bertz CT molecular complexity index is 1140. The number of benzene rings is 3. The number of nitrogens with one attached hydrogen (secondary N) is 2. The number of sulfonamides is 1. The molecule has 31 heavy (non-hydrogen) atoms. The van der Waals surface area contributed by atoms with E-state index in [2.05, 4.69) is 26.0 Å². The Morgan fingerprint density at radius 1 is 1.00 bits per heavy atom. The summed E-state index contributed by atoms with van der Waals surface area (Å²) in [6, 6.07) is 21.4. The van der Waals surface area contributed by atoms with E-state index in [-0.39, 0.29) is 17.4 Å². The van der Waals surface area contributed by atoms with Crippen molar-refractivity contribution in [2.24, 2.45) is 0 Å². The van der Waals surface area contributed by atoms with Crippen LogP contribution in [0.1, 0.15) is 24.1 Å². The Kier molecular flexibility index (Phi) is 7.89. The van der Waals surface area contributed by atoms with Crippen molar-refractivity contribution < 1.29 is 13.2 Å². The van der Waals surface area contributed by atoms with E-state index in [1.165, 1.54) is 24.3 Å². The van der Waals surface area contributed by atoms with E-state index >= 15 is 0 Å². The average Bonchev–Trinajstić information content (AvgIpc) is 2.74. The molecular formula is C23H22BrClN2O3S. The second kappa shape index (κ2) is 10.4. The van der Waals surface area contributed by atoms with Crippen LogP contribution < -0.4 is 10.0 Å². The van der Waals surface area contributed by atoms with Crippen LogP contribution in [0.4, 0.5) is 0 Å². The van der Waals surface area contributed by atoms with Crippen molar-refractivity contribution in [3.05, 3.63) is 99.5 Å². The van der Waals surface area contributed by atoms with Gasteiger partial charge in [0.25, 0.3) is 0 Å². The maximum Gasteiger partial charge on any atom is 0.241 e. The third-order valence-electron chi connectivity index (χ3n) is 4.73.